The summed E-state index contributed by atoms with van der Waals surface area (Å²) in [6.45, 7) is 5.03. The first-order valence-electron chi connectivity index (χ1n) is 6.28. The van der Waals surface area contributed by atoms with Gasteiger partial charge in [-0.25, -0.2) is 9.97 Å². The summed E-state index contributed by atoms with van der Waals surface area (Å²) in [4.78, 5) is 8.36. The van der Waals surface area contributed by atoms with E-state index in [2.05, 4.69) is 27.5 Å². The van der Waals surface area contributed by atoms with E-state index in [1.807, 2.05) is 31.2 Å². The molecule has 5 heteroatoms. The molecular weight excluding hydrogens is 260 g/mol. The Morgan fingerprint density at radius 3 is 2.74 bits per heavy atom. The van der Waals surface area contributed by atoms with Gasteiger partial charge in [0.05, 0.1) is 10.7 Å². The molecule has 1 heterocycles. The second-order valence-electron chi connectivity index (χ2n) is 4.32. The summed E-state index contributed by atoms with van der Waals surface area (Å²) in [5, 5.41) is 7.10. The van der Waals surface area contributed by atoms with E-state index in [4.69, 9.17) is 11.6 Å². The van der Waals surface area contributed by atoms with E-state index < -0.39 is 0 Å². The summed E-state index contributed by atoms with van der Waals surface area (Å²) >= 11 is 6.15. The SMILES string of the molecule is CCCNc1cc(Nc2cc(C)ccc2Cl)ncn1. The van der Waals surface area contributed by atoms with E-state index >= 15 is 0 Å². The van der Waals surface area contributed by atoms with Crippen molar-refractivity contribution in [3.05, 3.63) is 41.2 Å². The smallest absolute Gasteiger partial charge is 0.135 e. The zero-order chi connectivity index (χ0) is 13.7. The average Bonchev–Trinajstić information content (AvgIpc) is 2.41. The molecule has 0 spiro atoms. The second-order valence-corrected chi connectivity index (χ2v) is 4.73. The lowest BCUT2D eigenvalue weighted by Crippen LogP contribution is -2.03. The number of hydrogen-bond donors (Lipinski definition) is 2. The van der Waals surface area contributed by atoms with Crippen molar-refractivity contribution in [3.63, 3.8) is 0 Å². The van der Waals surface area contributed by atoms with Crippen LogP contribution in [0, 0.1) is 6.92 Å². The maximum atomic E-state index is 6.15. The van der Waals surface area contributed by atoms with Crippen LogP contribution in [0.5, 0.6) is 0 Å². The minimum Gasteiger partial charge on any atom is -0.370 e. The maximum Gasteiger partial charge on any atom is 0.135 e. The molecule has 0 aliphatic rings. The summed E-state index contributed by atoms with van der Waals surface area (Å²) in [7, 11) is 0. The Kier molecular flexibility index (Phi) is 4.58. The van der Waals surface area contributed by atoms with Crippen LogP contribution in [-0.4, -0.2) is 16.5 Å². The second kappa shape index (κ2) is 6.38. The molecule has 2 N–H and O–H groups in total. The van der Waals surface area contributed by atoms with Crippen LogP contribution >= 0.6 is 11.6 Å². The number of aryl methyl sites for hydroxylation is 1. The Bertz CT molecular complexity index is 557. The fourth-order valence-electron chi connectivity index (χ4n) is 1.65. The van der Waals surface area contributed by atoms with E-state index in [-0.39, 0.29) is 0 Å². The number of nitrogens with one attached hydrogen (secondary N) is 2. The molecule has 0 saturated carbocycles. The van der Waals surface area contributed by atoms with E-state index in [1.54, 1.807) is 0 Å². The average molecular weight is 277 g/mol. The van der Waals surface area contributed by atoms with E-state index in [1.165, 1.54) is 6.33 Å². The number of rotatable bonds is 5. The molecule has 0 radical (unpaired) electrons. The number of nitrogens with zero attached hydrogens (tertiary/aromatic N) is 2. The molecule has 4 nitrogen and oxygen atoms in total. The molecule has 19 heavy (non-hydrogen) atoms. The molecule has 1 aromatic heterocycles. The van der Waals surface area contributed by atoms with Crippen molar-refractivity contribution < 1.29 is 0 Å². The van der Waals surface area contributed by atoms with E-state index in [0.717, 1.165) is 35.9 Å². The van der Waals surface area contributed by atoms with Crippen LogP contribution in [0.25, 0.3) is 0 Å². The van der Waals surface area contributed by atoms with Gasteiger partial charge in [-0.2, -0.15) is 0 Å². The van der Waals surface area contributed by atoms with Gasteiger partial charge in [-0.15, -0.1) is 0 Å². The monoisotopic (exact) mass is 276 g/mol. The number of benzene rings is 1. The number of hydrogen-bond acceptors (Lipinski definition) is 4. The van der Waals surface area contributed by atoms with Crippen molar-refractivity contribution >= 4 is 28.9 Å². The Balaban J connectivity index is 2.16. The number of halogens is 1. The predicted molar refractivity (Wildman–Crippen MR) is 80.3 cm³/mol. The molecule has 100 valence electrons. The first-order valence-corrected chi connectivity index (χ1v) is 6.66. The molecule has 0 amide bonds. The minimum atomic E-state index is 0.673. The molecule has 0 aliphatic heterocycles. The minimum absolute atomic E-state index is 0.673. The third-order valence-electron chi connectivity index (χ3n) is 2.61. The molecule has 0 saturated heterocycles. The Morgan fingerprint density at radius 2 is 1.95 bits per heavy atom. The van der Waals surface area contributed by atoms with Gasteiger partial charge in [-0.05, 0) is 31.0 Å². The van der Waals surface area contributed by atoms with Gasteiger partial charge in [-0.3, -0.25) is 0 Å². The highest BCUT2D eigenvalue weighted by Crippen LogP contribution is 2.26. The standard InChI is InChI=1S/C14H17ClN4/c1-3-6-16-13-8-14(18-9-17-13)19-12-7-10(2)4-5-11(12)15/h4-5,7-9H,3,6H2,1-2H3,(H2,16,17,18,19). The number of anilines is 3. The maximum absolute atomic E-state index is 6.15. The van der Waals surface area contributed by atoms with Gasteiger partial charge in [0, 0.05) is 12.6 Å². The molecule has 0 fully saturated rings. The molecule has 0 atom stereocenters. The van der Waals surface area contributed by atoms with E-state index in [0.29, 0.717) is 5.02 Å². The summed E-state index contributed by atoms with van der Waals surface area (Å²) in [6, 6.07) is 7.70. The molecule has 0 unspecified atom stereocenters. The first-order chi connectivity index (χ1) is 9.19. The van der Waals surface area contributed by atoms with Crippen LogP contribution in [0.2, 0.25) is 5.02 Å². The predicted octanol–water partition coefficient (Wildman–Crippen LogP) is 4.00. The molecule has 0 aliphatic carbocycles. The van der Waals surface area contributed by atoms with Gasteiger partial charge in [0.15, 0.2) is 0 Å². The molecule has 2 rings (SSSR count). The van der Waals surface area contributed by atoms with Crippen molar-refractivity contribution in [3.8, 4) is 0 Å². The highest BCUT2D eigenvalue weighted by Gasteiger charge is 2.03. The van der Waals surface area contributed by atoms with Gasteiger partial charge >= 0.3 is 0 Å². The molecule has 0 bridgehead atoms. The summed E-state index contributed by atoms with van der Waals surface area (Å²) in [5.74, 6) is 1.53. The summed E-state index contributed by atoms with van der Waals surface area (Å²) < 4.78 is 0. The van der Waals surface area contributed by atoms with Crippen molar-refractivity contribution in [2.45, 2.75) is 20.3 Å². The highest BCUT2D eigenvalue weighted by molar-refractivity contribution is 6.33. The fourth-order valence-corrected chi connectivity index (χ4v) is 1.81. The van der Waals surface area contributed by atoms with Gasteiger partial charge < -0.3 is 10.6 Å². The lowest BCUT2D eigenvalue weighted by molar-refractivity contribution is 0.965. The molecule has 2 aromatic rings. The van der Waals surface area contributed by atoms with Crippen LogP contribution in [0.3, 0.4) is 0 Å². The summed E-state index contributed by atoms with van der Waals surface area (Å²) in [5.41, 5.74) is 1.99. The molecule has 1 aromatic carbocycles. The van der Waals surface area contributed by atoms with Crippen LogP contribution in [0.1, 0.15) is 18.9 Å². The Hall–Kier alpha value is -1.81. The van der Waals surface area contributed by atoms with Gasteiger partial charge in [-0.1, -0.05) is 24.6 Å². The lowest BCUT2D eigenvalue weighted by Gasteiger charge is -2.10. The van der Waals surface area contributed by atoms with Crippen LogP contribution in [0.4, 0.5) is 17.3 Å². The van der Waals surface area contributed by atoms with Gasteiger partial charge in [0.1, 0.15) is 18.0 Å². The topological polar surface area (TPSA) is 49.8 Å². The quantitative estimate of drug-likeness (QED) is 0.866. The Labute approximate surface area is 118 Å². The van der Waals surface area contributed by atoms with Crippen LogP contribution in [-0.2, 0) is 0 Å². The zero-order valence-electron chi connectivity index (χ0n) is 11.1. The van der Waals surface area contributed by atoms with Crippen molar-refractivity contribution in [2.24, 2.45) is 0 Å². The normalized spacial score (nSPS) is 10.3. The molecular formula is C14H17ClN4. The van der Waals surface area contributed by atoms with Crippen molar-refractivity contribution in [2.75, 3.05) is 17.2 Å². The Morgan fingerprint density at radius 1 is 1.16 bits per heavy atom. The van der Waals surface area contributed by atoms with Crippen molar-refractivity contribution in [1.82, 2.24) is 9.97 Å². The zero-order valence-corrected chi connectivity index (χ0v) is 11.8. The summed E-state index contributed by atoms with van der Waals surface area (Å²) in [6.07, 6.45) is 2.58. The largest absolute Gasteiger partial charge is 0.370 e. The third kappa shape index (κ3) is 3.83. The van der Waals surface area contributed by atoms with E-state index in [9.17, 15) is 0 Å². The van der Waals surface area contributed by atoms with Crippen LogP contribution < -0.4 is 10.6 Å². The highest BCUT2D eigenvalue weighted by atomic mass is 35.5. The van der Waals surface area contributed by atoms with Crippen LogP contribution in [0.15, 0.2) is 30.6 Å². The number of aromatic nitrogens is 2. The van der Waals surface area contributed by atoms with Gasteiger partial charge in [0.2, 0.25) is 0 Å². The van der Waals surface area contributed by atoms with Crippen molar-refractivity contribution in [1.29, 1.82) is 0 Å². The fraction of sp³-hybridized carbons (Fsp3) is 0.286. The lowest BCUT2D eigenvalue weighted by atomic mass is 10.2. The van der Waals surface area contributed by atoms with Gasteiger partial charge in [0.25, 0.3) is 0 Å². The third-order valence-corrected chi connectivity index (χ3v) is 2.94. The first kappa shape index (κ1) is 13.6.